The molecule has 0 aliphatic carbocycles. The lowest BCUT2D eigenvalue weighted by Crippen LogP contribution is -2.13. The Bertz CT molecular complexity index is 880. The summed E-state index contributed by atoms with van der Waals surface area (Å²) in [5.41, 5.74) is 4.88. The number of nitrogens with zero attached hydrogens (tertiary/aromatic N) is 1. The molecule has 0 spiro atoms. The van der Waals surface area contributed by atoms with Crippen LogP contribution in [-0.2, 0) is 19.5 Å². The largest absolute Gasteiger partial charge is 0.478 e. The van der Waals surface area contributed by atoms with Crippen molar-refractivity contribution in [3.63, 3.8) is 0 Å². The topological polar surface area (TPSA) is 62.2 Å². The molecular formula is C21H20N2O2S. The number of pyridine rings is 1. The van der Waals surface area contributed by atoms with E-state index in [-0.39, 0.29) is 0 Å². The van der Waals surface area contributed by atoms with E-state index in [0.29, 0.717) is 18.7 Å². The summed E-state index contributed by atoms with van der Waals surface area (Å²) in [4.78, 5) is 16.0. The average Bonchev–Trinajstić information content (AvgIpc) is 2.65. The SMILES string of the molecule is O=C(O)c1ccc(CNCc2cc(Cc3cccnc3)ccc2S)cc1. The van der Waals surface area contributed by atoms with Gasteiger partial charge < -0.3 is 10.4 Å². The van der Waals surface area contributed by atoms with E-state index in [0.717, 1.165) is 22.4 Å². The zero-order chi connectivity index (χ0) is 18.4. The maximum Gasteiger partial charge on any atom is 0.335 e. The van der Waals surface area contributed by atoms with E-state index in [1.54, 1.807) is 18.3 Å². The van der Waals surface area contributed by atoms with E-state index in [1.807, 2.05) is 30.5 Å². The first-order valence-corrected chi connectivity index (χ1v) is 8.79. The van der Waals surface area contributed by atoms with Crippen LogP contribution in [-0.4, -0.2) is 16.1 Å². The quantitative estimate of drug-likeness (QED) is 0.556. The summed E-state index contributed by atoms with van der Waals surface area (Å²) in [6.07, 6.45) is 4.50. The normalized spacial score (nSPS) is 10.7. The van der Waals surface area contributed by atoms with Gasteiger partial charge in [-0.05, 0) is 52.9 Å². The van der Waals surface area contributed by atoms with Crippen LogP contribution in [0.15, 0.2) is 71.9 Å². The third-order valence-corrected chi connectivity index (χ3v) is 4.56. The number of carboxylic acids is 1. The molecule has 0 atom stereocenters. The van der Waals surface area contributed by atoms with Crippen LogP contribution in [0.3, 0.4) is 0 Å². The lowest BCUT2D eigenvalue weighted by molar-refractivity contribution is 0.0697. The minimum atomic E-state index is -0.908. The number of carbonyl (C=O) groups is 1. The molecule has 2 N–H and O–H groups in total. The zero-order valence-corrected chi connectivity index (χ0v) is 15.1. The van der Waals surface area contributed by atoms with Gasteiger partial charge in [-0.2, -0.15) is 0 Å². The van der Waals surface area contributed by atoms with Crippen molar-refractivity contribution in [1.29, 1.82) is 0 Å². The summed E-state index contributed by atoms with van der Waals surface area (Å²) < 4.78 is 0. The Morgan fingerprint density at radius 1 is 1.00 bits per heavy atom. The number of hydrogen-bond donors (Lipinski definition) is 3. The average molecular weight is 364 g/mol. The highest BCUT2D eigenvalue weighted by Crippen LogP contribution is 2.18. The van der Waals surface area contributed by atoms with Gasteiger partial charge >= 0.3 is 5.97 Å². The van der Waals surface area contributed by atoms with Crippen LogP contribution < -0.4 is 5.32 Å². The predicted octanol–water partition coefficient (Wildman–Crippen LogP) is 3.95. The smallest absolute Gasteiger partial charge is 0.335 e. The van der Waals surface area contributed by atoms with Crippen LogP contribution in [0.25, 0.3) is 0 Å². The van der Waals surface area contributed by atoms with Crippen molar-refractivity contribution in [1.82, 2.24) is 10.3 Å². The third kappa shape index (κ3) is 4.94. The van der Waals surface area contributed by atoms with E-state index >= 15 is 0 Å². The van der Waals surface area contributed by atoms with Crippen molar-refractivity contribution in [2.75, 3.05) is 0 Å². The Kier molecular flexibility index (Phi) is 6.04. The van der Waals surface area contributed by atoms with E-state index < -0.39 is 5.97 Å². The fourth-order valence-corrected chi connectivity index (χ4v) is 2.95. The first-order chi connectivity index (χ1) is 12.6. The Balaban J connectivity index is 1.60. The third-order valence-electron chi connectivity index (χ3n) is 4.12. The maximum absolute atomic E-state index is 10.9. The van der Waals surface area contributed by atoms with Gasteiger partial charge in [0, 0.05) is 30.4 Å². The van der Waals surface area contributed by atoms with Gasteiger partial charge in [0.1, 0.15) is 0 Å². The Labute approximate surface area is 158 Å². The van der Waals surface area contributed by atoms with Crippen molar-refractivity contribution in [2.24, 2.45) is 0 Å². The standard InChI is InChI=1S/C21H20N2O2S/c24-21(25)18-6-3-15(4-7-18)12-23-14-19-11-16(5-8-20(19)26)10-17-2-1-9-22-13-17/h1-9,11,13,23,26H,10,12,14H2,(H,24,25). The zero-order valence-electron chi connectivity index (χ0n) is 14.2. The van der Waals surface area contributed by atoms with Gasteiger partial charge in [-0.15, -0.1) is 12.6 Å². The van der Waals surface area contributed by atoms with Crippen LogP contribution in [0, 0.1) is 0 Å². The van der Waals surface area contributed by atoms with Crippen LogP contribution >= 0.6 is 12.6 Å². The molecular weight excluding hydrogens is 344 g/mol. The van der Waals surface area contributed by atoms with Crippen LogP contribution in [0.1, 0.15) is 32.6 Å². The van der Waals surface area contributed by atoms with E-state index in [9.17, 15) is 4.79 Å². The first-order valence-electron chi connectivity index (χ1n) is 8.34. The first kappa shape index (κ1) is 18.2. The van der Waals surface area contributed by atoms with Crippen molar-refractivity contribution in [3.05, 3.63) is 94.8 Å². The van der Waals surface area contributed by atoms with Gasteiger partial charge in [-0.3, -0.25) is 4.98 Å². The highest BCUT2D eigenvalue weighted by Gasteiger charge is 2.04. The van der Waals surface area contributed by atoms with Gasteiger partial charge in [0.2, 0.25) is 0 Å². The van der Waals surface area contributed by atoms with E-state index in [4.69, 9.17) is 5.11 Å². The molecule has 1 heterocycles. The molecule has 0 unspecified atom stereocenters. The number of nitrogens with one attached hydrogen (secondary N) is 1. The summed E-state index contributed by atoms with van der Waals surface area (Å²) in [6, 6.07) is 17.2. The fraction of sp³-hybridized carbons (Fsp3) is 0.143. The molecule has 0 saturated heterocycles. The Morgan fingerprint density at radius 2 is 1.77 bits per heavy atom. The minimum absolute atomic E-state index is 0.300. The van der Waals surface area contributed by atoms with Crippen molar-refractivity contribution in [3.8, 4) is 0 Å². The second-order valence-electron chi connectivity index (χ2n) is 6.11. The Morgan fingerprint density at radius 3 is 2.46 bits per heavy atom. The number of hydrogen-bond acceptors (Lipinski definition) is 4. The van der Waals surface area contributed by atoms with Crippen LogP contribution in [0.4, 0.5) is 0 Å². The monoisotopic (exact) mass is 364 g/mol. The summed E-state index contributed by atoms with van der Waals surface area (Å²) in [5, 5.41) is 12.3. The summed E-state index contributed by atoms with van der Waals surface area (Å²) in [7, 11) is 0. The van der Waals surface area contributed by atoms with Gasteiger partial charge in [0.25, 0.3) is 0 Å². The number of thiol groups is 1. The molecule has 1 aromatic heterocycles. The van der Waals surface area contributed by atoms with Crippen LogP contribution in [0.5, 0.6) is 0 Å². The maximum atomic E-state index is 10.9. The molecule has 0 aliphatic heterocycles. The van der Waals surface area contributed by atoms with Crippen molar-refractivity contribution < 1.29 is 9.90 Å². The summed E-state index contributed by atoms with van der Waals surface area (Å²) in [5.74, 6) is -0.908. The number of aromatic nitrogens is 1. The lowest BCUT2D eigenvalue weighted by Gasteiger charge is -2.10. The molecule has 5 heteroatoms. The molecule has 0 radical (unpaired) electrons. The van der Waals surface area contributed by atoms with Gasteiger partial charge in [0.15, 0.2) is 0 Å². The van der Waals surface area contributed by atoms with Crippen molar-refractivity contribution in [2.45, 2.75) is 24.4 Å². The number of rotatable bonds is 7. The molecule has 0 bridgehead atoms. The lowest BCUT2D eigenvalue weighted by atomic mass is 10.0. The van der Waals surface area contributed by atoms with Crippen molar-refractivity contribution >= 4 is 18.6 Å². The molecule has 0 saturated carbocycles. The number of aromatic carboxylic acids is 1. The summed E-state index contributed by atoms with van der Waals surface area (Å²) in [6.45, 7) is 1.36. The molecule has 3 aromatic rings. The van der Waals surface area contributed by atoms with E-state index in [2.05, 4.69) is 41.1 Å². The predicted molar refractivity (Wildman–Crippen MR) is 105 cm³/mol. The molecule has 3 rings (SSSR count). The van der Waals surface area contributed by atoms with Gasteiger partial charge in [-0.25, -0.2) is 4.79 Å². The van der Waals surface area contributed by atoms with E-state index in [1.165, 1.54) is 11.1 Å². The molecule has 4 nitrogen and oxygen atoms in total. The molecule has 0 fully saturated rings. The number of benzene rings is 2. The highest BCUT2D eigenvalue weighted by atomic mass is 32.1. The number of carboxylic acid groups (broad SMARTS) is 1. The molecule has 26 heavy (non-hydrogen) atoms. The minimum Gasteiger partial charge on any atom is -0.478 e. The second-order valence-corrected chi connectivity index (χ2v) is 6.59. The fourth-order valence-electron chi connectivity index (χ4n) is 2.74. The second kappa shape index (κ2) is 8.65. The Hall–Kier alpha value is -2.63. The molecule has 132 valence electrons. The summed E-state index contributed by atoms with van der Waals surface area (Å²) >= 11 is 4.55. The highest BCUT2D eigenvalue weighted by molar-refractivity contribution is 7.80. The van der Waals surface area contributed by atoms with Gasteiger partial charge in [0.05, 0.1) is 5.56 Å². The van der Waals surface area contributed by atoms with Crippen LogP contribution in [0.2, 0.25) is 0 Å². The van der Waals surface area contributed by atoms with Gasteiger partial charge in [-0.1, -0.05) is 30.3 Å². The molecule has 0 aliphatic rings. The molecule has 0 amide bonds. The molecule has 2 aromatic carbocycles.